The lowest BCUT2D eigenvalue weighted by atomic mass is 10.1. The van der Waals surface area contributed by atoms with E-state index in [9.17, 15) is 0 Å². The van der Waals surface area contributed by atoms with Gasteiger partial charge in [-0.2, -0.15) is 0 Å². The van der Waals surface area contributed by atoms with Crippen molar-refractivity contribution in [2.45, 2.75) is 39.2 Å². The third kappa shape index (κ3) is 9.53. The fourth-order valence-electron chi connectivity index (χ4n) is 3.22. The lowest BCUT2D eigenvalue weighted by molar-refractivity contribution is 0.300. The second kappa shape index (κ2) is 13.8. The molecule has 0 aliphatic carbocycles. The van der Waals surface area contributed by atoms with Gasteiger partial charge in [0.25, 0.3) is 0 Å². The van der Waals surface area contributed by atoms with Gasteiger partial charge < -0.3 is 19.9 Å². The van der Waals surface area contributed by atoms with E-state index in [0.717, 1.165) is 44.1 Å². The Morgan fingerprint density at radius 2 is 1.68 bits per heavy atom. The maximum absolute atomic E-state index is 5.89. The molecule has 0 amide bonds. The number of thiocarbonyl (C=S) groups is 1. The van der Waals surface area contributed by atoms with Crippen LogP contribution in [0.15, 0.2) is 61.2 Å². The van der Waals surface area contributed by atoms with Crippen LogP contribution in [0.25, 0.3) is 0 Å². The van der Waals surface area contributed by atoms with Crippen molar-refractivity contribution in [2.24, 2.45) is 0 Å². The first-order chi connectivity index (χ1) is 15.0. The van der Waals surface area contributed by atoms with Gasteiger partial charge in [-0.3, -0.25) is 0 Å². The summed E-state index contributed by atoms with van der Waals surface area (Å²) in [5, 5.41) is 4.02. The van der Waals surface area contributed by atoms with Crippen molar-refractivity contribution < 1.29 is 4.74 Å². The Labute approximate surface area is 193 Å². The quantitative estimate of drug-likeness (QED) is 0.250. The Balaban J connectivity index is 1.65. The lowest BCUT2D eigenvalue weighted by Crippen LogP contribution is -2.36. The average Bonchev–Trinajstić information content (AvgIpc) is 2.78. The SMILES string of the molecule is C=CCN(C)CCCCCCOc1ccc(N(C)C(=S)NCc2ccc(C)cc2)cc1. The molecule has 2 aromatic carbocycles. The topological polar surface area (TPSA) is 27.7 Å². The van der Waals surface area contributed by atoms with Gasteiger partial charge in [0.1, 0.15) is 5.75 Å². The van der Waals surface area contributed by atoms with Crippen molar-refractivity contribution in [1.29, 1.82) is 0 Å². The van der Waals surface area contributed by atoms with Gasteiger partial charge in [-0.1, -0.05) is 48.7 Å². The Morgan fingerprint density at radius 1 is 1.00 bits per heavy atom. The highest BCUT2D eigenvalue weighted by Gasteiger charge is 2.07. The summed E-state index contributed by atoms with van der Waals surface area (Å²) >= 11 is 5.54. The summed E-state index contributed by atoms with van der Waals surface area (Å²) < 4.78 is 5.89. The first-order valence-corrected chi connectivity index (χ1v) is 11.5. The zero-order chi connectivity index (χ0) is 22.5. The van der Waals surface area contributed by atoms with Crippen LogP contribution in [0, 0.1) is 6.92 Å². The zero-order valence-corrected chi connectivity index (χ0v) is 20.1. The summed E-state index contributed by atoms with van der Waals surface area (Å²) in [5.74, 6) is 0.904. The van der Waals surface area contributed by atoms with Crippen molar-refractivity contribution in [1.82, 2.24) is 10.2 Å². The number of aryl methyl sites for hydroxylation is 1. The second-order valence-corrected chi connectivity index (χ2v) is 8.40. The number of benzene rings is 2. The maximum Gasteiger partial charge on any atom is 0.173 e. The highest BCUT2D eigenvalue weighted by molar-refractivity contribution is 7.80. The molecule has 2 aromatic rings. The molecule has 0 saturated carbocycles. The van der Waals surface area contributed by atoms with Gasteiger partial charge in [0, 0.05) is 25.8 Å². The number of hydrogen-bond acceptors (Lipinski definition) is 3. The average molecular weight is 440 g/mol. The van der Waals surface area contributed by atoms with Crippen molar-refractivity contribution in [3.05, 3.63) is 72.3 Å². The Hall–Kier alpha value is -2.37. The van der Waals surface area contributed by atoms with E-state index in [1.54, 1.807) is 0 Å². The van der Waals surface area contributed by atoms with E-state index in [0.29, 0.717) is 5.11 Å². The first-order valence-electron chi connectivity index (χ1n) is 11.1. The second-order valence-electron chi connectivity index (χ2n) is 8.01. The minimum absolute atomic E-state index is 0.702. The zero-order valence-electron chi connectivity index (χ0n) is 19.3. The van der Waals surface area contributed by atoms with E-state index in [4.69, 9.17) is 17.0 Å². The van der Waals surface area contributed by atoms with E-state index in [1.165, 1.54) is 30.4 Å². The molecule has 0 aliphatic heterocycles. The van der Waals surface area contributed by atoms with Gasteiger partial charge in [0.05, 0.1) is 6.61 Å². The number of nitrogens with one attached hydrogen (secondary N) is 1. The molecule has 0 aromatic heterocycles. The summed E-state index contributed by atoms with van der Waals surface area (Å²) in [5.41, 5.74) is 3.52. The Morgan fingerprint density at radius 3 is 2.35 bits per heavy atom. The van der Waals surface area contributed by atoms with Crippen LogP contribution in [0.4, 0.5) is 5.69 Å². The molecule has 168 valence electrons. The molecular weight excluding hydrogens is 402 g/mol. The van der Waals surface area contributed by atoms with E-state index < -0.39 is 0 Å². The summed E-state index contributed by atoms with van der Waals surface area (Å²) in [6.07, 6.45) is 6.70. The van der Waals surface area contributed by atoms with Gasteiger partial charge in [-0.25, -0.2) is 0 Å². The fraction of sp³-hybridized carbons (Fsp3) is 0.423. The summed E-state index contributed by atoms with van der Waals surface area (Å²) in [6, 6.07) is 16.6. The standard InChI is InChI=1S/C26H37N3OS/c1-5-18-28(3)19-8-6-7-9-20-30-25-16-14-24(15-17-25)29(4)26(31)27-21-23-12-10-22(2)11-13-23/h5,10-17H,1,6-9,18-21H2,2-4H3,(H,27,31). The van der Waals surface area contributed by atoms with Crippen LogP contribution in [0.5, 0.6) is 5.75 Å². The smallest absolute Gasteiger partial charge is 0.173 e. The van der Waals surface area contributed by atoms with Crippen LogP contribution in [0.1, 0.15) is 36.8 Å². The van der Waals surface area contributed by atoms with Crippen LogP contribution in [0.2, 0.25) is 0 Å². The molecule has 1 N–H and O–H groups in total. The minimum atomic E-state index is 0.702. The van der Waals surface area contributed by atoms with Crippen LogP contribution >= 0.6 is 12.2 Å². The van der Waals surface area contributed by atoms with Gasteiger partial charge in [0.15, 0.2) is 5.11 Å². The predicted molar refractivity (Wildman–Crippen MR) is 137 cm³/mol. The number of ether oxygens (including phenoxy) is 1. The molecule has 0 bridgehead atoms. The Bertz CT molecular complexity index is 789. The number of anilines is 1. The summed E-state index contributed by atoms with van der Waals surface area (Å²) in [4.78, 5) is 4.28. The number of hydrogen-bond donors (Lipinski definition) is 1. The molecule has 0 heterocycles. The largest absolute Gasteiger partial charge is 0.494 e. The van der Waals surface area contributed by atoms with Gasteiger partial charge in [-0.05, 0) is 75.4 Å². The van der Waals surface area contributed by atoms with Crippen LogP contribution in [0.3, 0.4) is 0 Å². The molecule has 0 unspecified atom stereocenters. The number of nitrogens with zero attached hydrogens (tertiary/aromatic N) is 2. The van der Waals surface area contributed by atoms with Crippen LogP contribution in [-0.2, 0) is 6.54 Å². The van der Waals surface area contributed by atoms with Gasteiger partial charge in [0.2, 0.25) is 0 Å². The highest BCUT2D eigenvalue weighted by Crippen LogP contribution is 2.19. The number of rotatable bonds is 13. The van der Waals surface area contributed by atoms with E-state index in [-0.39, 0.29) is 0 Å². The number of unbranched alkanes of at least 4 members (excludes halogenated alkanes) is 3. The molecule has 0 spiro atoms. The molecule has 0 radical (unpaired) electrons. The first kappa shape index (κ1) is 24.9. The third-order valence-corrected chi connectivity index (χ3v) is 5.65. The molecule has 5 heteroatoms. The molecule has 0 fully saturated rings. The Kier molecular flexibility index (Phi) is 11.1. The normalized spacial score (nSPS) is 10.7. The summed E-state index contributed by atoms with van der Waals surface area (Å²) in [6.45, 7) is 9.43. The van der Waals surface area contributed by atoms with Crippen molar-refractivity contribution in [3.63, 3.8) is 0 Å². The third-order valence-electron chi connectivity index (χ3n) is 5.24. The van der Waals surface area contributed by atoms with E-state index in [1.807, 2.05) is 42.3 Å². The lowest BCUT2D eigenvalue weighted by Gasteiger charge is -2.21. The van der Waals surface area contributed by atoms with Crippen LogP contribution < -0.4 is 15.0 Å². The highest BCUT2D eigenvalue weighted by atomic mass is 32.1. The monoisotopic (exact) mass is 439 g/mol. The van der Waals surface area contributed by atoms with Crippen LogP contribution in [-0.4, -0.2) is 43.8 Å². The van der Waals surface area contributed by atoms with E-state index >= 15 is 0 Å². The molecule has 31 heavy (non-hydrogen) atoms. The minimum Gasteiger partial charge on any atom is -0.494 e. The van der Waals surface area contributed by atoms with Crippen molar-refractivity contribution in [2.75, 3.05) is 38.7 Å². The molecule has 2 rings (SSSR count). The molecule has 0 aliphatic rings. The fourth-order valence-corrected chi connectivity index (χ4v) is 3.40. The summed E-state index contributed by atoms with van der Waals surface area (Å²) in [7, 11) is 4.12. The molecular formula is C26H37N3OS. The van der Waals surface area contributed by atoms with E-state index in [2.05, 4.69) is 55.0 Å². The van der Waals surface area contributed by atoms with Crippen molar-refractivity contribution in [3.8, 4) is 5.75 Å². The predicted octanol–water partition coefficient (Wildman–Crippen LogP) is 5.56. The number of likely N-dealkylation sites (N-methyl/N-ethyl adjacent to an activating group) is 1. The molecule has 4 nitrogen and oxygen atoms in total. The van der Waals surface area contributed by atoms with Gasteiger partial charge in [-0.15, -0.1) is 6.58 Å². The van der Waals surface area contributed by atoms with Crippen molar-refractivity contribution >= 4 is 23.0 Å². The maximum atomic E-state index is 5.89. The molecule has 0 atom stereocenters. The van der Waals surface area contributed by atoms with Gasteiger partial charge >= 0.3 is 0 Å². The molecule has 0 saturated heterocycles.